The lowest BCUT2D eigenvalue weighted by atomic mass is 10.1. The minimum Gasteiger partial charge on any atom is -0.497 e. The molecule has 0 fully saturated rings. The van der Waals surface area contributed by atoms with E-state index in [0.29, 0.717) is 11.3 Å². The van der Waals surface area contributed by atoms with Crippen molar-refractivity contribution in [3.63, 3.8) is 0 Å². The Morgan fingerprint density at radius 1 is 1.04 bits per heavy atom. The minimum atomic E-state index is -0.818. The number of benzene rings is 2. The van der Waals surface area contributed by atoms with E-state index >= 15 is 0 Å². The van der Waals surface area contributed by atoms with Crippen molar-refractivity contribution in [2.75, 3.05) is 7.11 Å². The van der Waals surface area contributed by atoms with E-state index in [4.69, 9.17) is 4.74 Å². The van der Waals surface area contributed by atoms with Gasteiger partial charge >= 0.3 is 0 Å². The fourth-order valence-corrected chi connectivity index (χ4v) is 1.97. The summed E-state index contributed by atoms with van der Waals surface area (Å²) in [7, 11) is 1.53. The zero-order chi connectivity index (χ0) is 17.7. The Hall–Kier alpha value is -3.55. The van der Waals surface area contributed by atoms with Crippen LogP contribution in [-0.2, 0) is 0 Å². The average molecular weight is 328 g/mol. The molecule has 0 radical (unpaired) electrons. The van der Waals surface area contributed by atoms with Gasteiger partial charge in [-0.15, -0.1) is 0 Å². The zero-order valence-corrected chi connectivity index (χ0v) is 12.5. The standard InChI is InChI=1S/C16H12N2O6/c1-24-13-6-2-11(3-7-13)4-9-16(19)14-8-5-12(17(20)21)10-15(14)18(22)23/h2-10H,1H3/b9-4+. The third-order valence-corrected chi connectivity index (χ3v) is 3.20. The number of methoxy groups -OCH3 is 1. The van der Waals surface area contributed by atoms with Crippen LogP contribution in [0, 0.1) is 20.2 Å². The van der Waals surface area contributed by atoms with Crippen LogP contribution in [0.25, 0.3) is 6.08 Å². The number of carbonyl (C=O) groups excluding carboxylic acids is 1. The maximum absolute atomic E-state index is 12.2. The van der Waals surface area contributed by atoms with Gasteiger partial charge < -0.3 is 4.74 Å². The summed E-state index contributed by atoms with van der Waals surface area (Å²) in [5.74, 6) is 0.0388. The number of carbonyl (C=O) groups is 1. The van der Waals surface area contributed by atoms with E-state index in [1.165, 1.54) is 19.3 Å². The third-order valence-electron chi connectivity index (χ3n) is 3.20. The maximum atomic E-state index is 12.2. The van der Waals surface area contributed by atoms with Gasteiger partial charge in [-0.05, 0) is 29.8 Å². The van der Waals surface area contributed by atoms with Gasteiger partial charge in [0, 0.05) is 6.07 Å². The maximum Gasteiger partial charge on any atom is 0.287 e. The number of rotatable bonds is 6. The van der Waals surface area contributed by atoms with E-state index in [-0.39, 0.29) is 5.56 Å². The van der Waals surface area contributed by atoms with Crippen molar-refractivity contribution in [1.29, 1.82) is 0 Å². The first-order valence-corrected chi connectivity index (χ1v) is 6.71. The van der Waals surface area contributed by atoms with Crippen LogP contribution in [0.5, 0.6) is 5.75 Å². The van der Waals surface area contributed by atoms with Crippen LogP contribution in [0.3, 0.4) is 0 Å². The molecule has 0 atom stereocenters. The first kappa shape index (κ1) is 16.8. The second kappa shape index (κ2) is 7.14. The van der Waals surface area contributed by atoms with E-state index < -0.39 is 27.0 Å². The molecule has 8 nitrogen and oxygen atoms in total. The molecule has 0 saturated carbocycles. The Morgan fingerprint density at radius 3 is 2.25 bits per heavy atom. The van der Waals surface area contributed by atoms with Crippen molar-refractivity contribution in [2.45, 2.75) is 0 Å². The molecule has 0 aliphatic rings. The van der Waals surface area contributed by atoms with Crippen LogP contribution in [0.2, 0.25) is 0 Å². The topological polar surface area (TPSA) is 113 Å². The lowest BCUT2D eigenvalue weighted by Gasteiger charge is -2.00. The van der Waals surface area contributed by atoms with Crippen LogP contribution in [0.4, 0.5) is 11.4 Å². The number of nitrogens with zero attached hydrogens (tertiary/aromatic N) is 2. The van der Waals surface area contributed by atoms with E-state index in [0.717, 1.165) is 18.2 Å². The molecule has 0 amide bonds. The summed E-state index contributed by atoms with van der Waals surface area (Å²) in [6.45, 7) is 0. The summed E-state index contributed by atoms with van der Waals surface area (Å²) in [6, 6.07) is 9.75. The SMILES string of the molecule is COc1ccc(/C=C/C(=O)c2ccc([N+](=O)[O-])cc2[N+](=O)[O-])cc1. The fourth-order valence-electron chi connectivity index (χ4n) is 1.97. The van der Waals surface area contributed by atoms with Crippen molar-refractivity contribution in [1.82, 2.24) is 0 Å². The molecule has 2 aromatic carbocycles. The van der Waals surface area contributed by atoms with Gasteiger partial charge in [0.05, 0.1) is 23.0 Å². The second-order valence-corrected chi connectivity index (χ2v) is 4.69. The number of nitro benzene ring substituents is 2. The van der Waals surface area contributed by atoms with Crippen molar-refractivity contribution in [3.8, 4) is 5.75 Å². The lowest BCUT2D eigenvalue weighted by Crippen LogP contribution is -2.02. The molecule has 0 aliphatic heterocycles. The molecule has 8 heteroatoms. The Kier molecular flexibility index (Phi) is 5.00. The quantitative estimate of drug-likeness (QED) is 0.347. The van der Waals surface area contributed by atoms with Crippen LogP contribution in [0.1, 0.15) is 15.9 Å². The van der Waals surface area contributed by atoms with E-state index in [1.54, 1.807) is 24.3 Å². The summed E-state index contributed by atoms with van der Waals surface area (Å²) >= 11 is 0. The lowest BCUT2D eigenvalue weighted by molar-refractivity contribution is -0.394. The van der Waals surface area contributed by atoms with Crippen molar-refractivity contribution in [2.24, 2.45) is 0 Å². The predicted octanol–water partition coefficient (Wildman–Crippen LogP) is 3.41. The summed E-state index contributed by atoms with van der Waals surface area (Å²) < 4.78 is 5.02. The van der Waals surface area contributed by atoms with Gasteiger partial charge in [0.2, 0.25) is 0 Å². The normalized spacial score (nSPS) is 10.5. The van der Waals surface area contributed by atoms with E-state index in [2.05, 4.69) is 0 Å². The third kappa shape index (κ3) is 3.80. The van der Waals surface area contributed by atoms with E-state index in [1.807, 2.05) is 0 Å². The molecule has 0 aromatic heterocycles. The number of non-ortho nitro benzene ring substituents is 1. The minimum absolute atomic E-state index is 0.213. The molecule has 0 bridgehead atoms. The summed E-state index contributed by atoms with van der Waals surface area (Å²) in [4.78, 5) is 32.3. The molecule has 0 saturated heterocycles. The molecule has 0 spiro atoms. The highest BCUT2D eigenvalue weighted by atomic mass is 16.6. The predicted molar refractivity (Wildman–Crippen MR) is 86.1 cm³/mol. The van der Waals surface area contributed by atoms with Gasteiger partial charge in [0.1, 0.15) is 11.3 Å². The van der Waals surface area contributed by atoms with Gasteiger partial charge in [0.25, 0.3) is 11.4 Å². The smallest absolute Gasteiger partial charge is 0.287 e. The number of ether oxygens (including phenoxy) is 1. The Labute approximate surface area is 136 Å². The highest BCUT2D eigenvalue weighted by Gasteiger charge is 2.22. The summed E-state index contributed by atoms with van der Waals surface area (Å²) in [6.07, 6.45) is 2.67. The van der Waals surface area contributed by atoms with Crippen LogP contribution in [-0.4, -0.2) is 22.7 Å². The highest BCUT2D eigenvalue weighted by molar-refractivity contribution is 6.09. The largest absolute Gasteiger partial charge is 0.497 e. The van der Waals surface area contributed by atoms with Crippen LogP contribution in [0.15, 0.2) is 48.5 Å². The zero-order valence-electron chi connectivity index (χ0n) is 12.5. The number of hydrogen-bond acceptors (Lipinski definition) is 6. The summed E-state index contributed by atoms with van der Waals surface area (Å²) in [5, 5.41) is 21.7. The number of ketones is 1. The Morgan fingerprint density at radius 2 is 1.71 bits per heavy atom. The molecule has 2 rings (SSSR count). The highest BCUT2D eigenvalue weighted by Crippen LogP contribution is 2.25. The Bertz CT molecular complexity index is 827. The molecule has 0 N–H and O–H groups in total. The molecule has 122 valence electrons. The number of allylic oxidation sites excluding steroid dienone is 1. The average Bonchev–Trinajstić information content (AvgIpc) is 2.59. The number of hydrogen-bond donors (Lipinski definition) is 0. The van der Waals surface area contributed by atoms with Gasteiger partial charge in [0.15, 0.2) is 5.78 Å². The molecule has 2 aromatic rings. The van der Waals surface area contributed by atoms with Gasteiger partial charge in [-0.3, -0.25) is 25.0 Å². The van der Waals surface area contributed by atoms with Crippen LogP contribution < -0.4 is 4.74 Å². The molecule has 24 heavy (non-hydrogen) atoms. The monoisotopic (exact) mass is 328 g/mol. The molecule has 0 aliphatic carbocycles. The van der Waals surface area contributed by atoms with Gasteiger partial charge in [-0.2, -0.15) is 0 Å². The van der Waals surface area contributed by atoms with Gasteiger partial charge in [-0.1, -0.05) is 18.2 Å². The molecular formula is C16H12N2O6. The van der Waals surface area contributed by atoms with Crippen molar-refractivity contribution in [3.05, 3.63) is 79.9 Å². The van der Waals surface area contributed by atoms with E-state index in [9.17, 15) is 25.0 Å². The molecule has 0 unspecified atom stereocenters. The van der Waals surface area contributed by atoms with Crippen LogP contribution >= 0.6 is 0 Å². The second-order valence-electron chi connectivity index (χ2n) is 4.69. The number of nitro groups is 2. The summed E-state index contributed by atoms with van der Waals surface area (Å²) in [5.41, 5.74) is -0.560. The molecular weight excluding hydrogens is 316 g/mol. The Balaban J connectivity index is 2.29. The van der Waals surface area contributed by atoms with Gasteiger partial charge in [-0.25, -0.2) is 0 Å². The first-order chi connectivity index (χ1) is 11.4. The first-order valence-electron chi connectivity index (χ1n) is 6.71. The molecule has 0 heterocycles. The fraction of sp³-hybridized carbons (Fsp3) is 0.0625. The van der Waals surface area contributed by atoms with Crippen molar-refractivity contribution < 1.29 is 19.4 Å². The van der Waals surface area contributed by atoms with Crippen molar-refractivity contribution >= 4 is 23.2 Å².